The number of nitrogens with zero attached hydrogens (tertiary/aromatic N) is 2. The molecule has 0 bridgehead atoms. The molecule has 1 atom stereocenters. The van der Waals surface area contributed by atoms with E-state index in [1.165, 1.54) is 18.2 Å². The standard InChI is InChI=1S/C24H30BrFN4O3/c25-20-13-27-14-21(26)19(20)12-29-22(24(31)32)7-9-33-18-10-15(11-18)3-5-17-6-4-16-2-1-8-28-23(16)30-17/h4,6,13-15,18,22,29H,1-3,5,7-12H2,(H,28,30)(H,31,32)/t15?,18?,22-/m0/s1. The van der Waals surface area contributed by atoms with Crippen molar-refractivity contribution in [1.29, 1.82) is 0 Å². The molecule has 3 N–H and O–H groups in total. The van der Waals surface area contributed by atoms with Gasteiger partial charge in [0.15, 0.2) is 0 Å². The summed E-state index contributed by atoms with van der Waals surface area (Å²) in [6.07, 6.45) is 9.47. The number of aromatic nitrogens is 2. The Morgan fingerprint density at radius 1 is 1.36 bits per heavy atom. The summed E-state index contributed by atoms with van der Waals surface area (Å²) in [6.45, 7) is 1.46. The smallest absolute Gasteiger partial charge is 0.320 e. The number of fused-ring (bicyclic) bond motifs is 1. The van der Waals surface area contributed by atoms with Gasteiger partial charge in [0.05, 0.1) is 12.3 Å². The third-order valence-corrected chi connectivity index (χ3v) is 7.17. The zero-order valence-electron chi connectivity index (χ0n) is 18.5. The van der Waals surface area contributed by atoms with E-state index in [1.807, 2.05) is 0 Å². The van der Waals surface area contributed by atoms with Crippen molar-refractivity contribution in [3.05, 3.63) is 51.6 Å². The Hall–Kier alpha value is -2.10. The monoisotopic (exact) mass is 520 g/mol. The van der Waals surface area contributed by atoms with Gasteiger partial charge in [-0.3, -0.25) is 9.78 Å². The minimum absolute atomic E-state index is 0.101. The molecule has 2 aromatic rings. The number of halogens is 2. The van der Waals surface area contributed by atoms with Crippen LogP contribution < -0.4 is 10.6 Å². The van der Waals surface area contributed by atoms with Crippen LogP contribution in [-0.2, 0) is 28.9 Å². The summed E-state index contributed by atoms with van der Waals surface area (Å²) in [7, 11) is 0. The van der Waals surface area contributed by atoms with Crippen LogP contribution in [0.5, 0.6) is 0 Å². The van der Waals surface area contributed by atoms with Gasteiger partial charge in [-0.1, -0.05) is 6.07 Å². The van der Waals surface area contributed by atoms with Gasteiger partial charge in [-0.25, -0.2) is 9.37 Å². The zero-order chi connectivity index (χ0) is 23.2. The molecular formula is C24H30BrFN4O3. The molecule has 9 heteroatoms. The fourth-order valence-electron chi connectivity index (χ4n) is 4.40. The largest absolute Gasteiger partial charge is 0.480 e. The first-order valence-corrected chi connectivity index (χ1v) is 12.4. The number of ether oxygens (including phenoxy) is 1. The van der Waals surface area contributed by atoms with Crippen LogP contribution in [0.3, 0.4) is 0 Å². The van der Waals surface area contributed by atoms with Gasteiger partial charge >= 0.3 is 5.97 Å². The van der Waals surface area contributed by atoms with Crippen molar-refractivity contribution in [2.24, 2.45) is 5.92 Å². The number of anilines is 1. The molecule has 0 unspecified atom stereocenters. The normalized spacial score (nSPS) is 20.4. The molecule has 1 fully saturated rings. The Kier molecular flexibility index (Phi) is 8.27. The third kappa shape index (κ3) is 6.49. The van der Waals surface area contributed by atoms with Crippen LogP contribution in [0.25, 0.3) is 0 Å². The van der Waals surface area contributed by atoms with Gasteiger partial charge in [-0.2, -0.15) is 0 Å². The zero-order valence-corrected chi connectivity index (χ0v) is 20.1. The Balaban J connectivity index is 1.14. The predicted molar refractivity (Wildman–Crippen MR) is 127 cm³/mol. The summed E-state index contributed by atoms with van der Waals surface area (Å²) in [6, 6.07) is 3.54. The summed E-state index contributed by atoms with van der Waals surface area (Å²) in [5, 5.41) is 15.8. The van der Waals surface area contributed by atoms with E-state index >= 15 is 0 Å². The third-order valence-electron chi connectivity index (χ3n) is 6.49. The minimum Gasteiger partial charge on any atom is -0.480 e. The molecule has 33 heavy (non-hydrogen) atoms. The maximum atomic E-state index is 13.9. The second-order valence-electron chi connectivity index (χ2n) is 8.85. The van der Waals surface area contributed by atoms with Crippen molar-refractivity contribution in [3.63, 3.8) is 0 Å². The molecule has 2 aromatic heterocycles. The van der Waals surface area contributed by atoms with Crippen LogP contribution in [0.2, 0.25) is 0 Å². The van der Waals surface area contributed by atoms with Crippen LogP contribution in [0.1, 0.15) is 48.9 Å². The van der Waals surface area contributed by atoms with E-state index in [1.54, 1.807) is 0 Å². The second-order valence-corrected chi connectivity index (χ2v) is 9.71. The summed E-state index contributed by atoms with van der Waals surface area (Å²) >= 11 is 3.25. The first kappa shape index (κ1) is 24.0. The number of carboxylic acid groups (broad SMARTS) is 1. The number of pyridine rings is 2. The molecule has 4 rings (SSSR count). The van der Waals surface area contributed by atoms with Crippen molar-refractivity contribution < 1.29 is 19.0 Å². The molecule has 0 spiro atoms. The molecule has 0 saturated heterocycles. The maximum absolute atomic E-state index is 13.9. The van der Waals surface area contributed by atoms with E-state index in [4.69, 9.17) is 9.72 Å². The lowest BCUT2D eigenvalue weighted by Crippen LogP contribution is -2.39. The molecular weight excluding hydrogens is 491 g/mol. The van der Waals surface area contributed by atoms with E-state index < -0.39 is 17.8 Å². The van der Waals surface area contributed by atoms with E-state index in [2.05, 4.69) is 43.7 Å². The van der Waals surface area contributed by atoms with E-state index in [0.29, 0.717) is 29.0 Å². The molecule has 1 aliphatic heterocycles. The second kappa shape index (κ2) is 11.4. The average molecular weight is 521 g/mol. The van der Waals surface area contributed by atoms with Crippen molar-refractivity contribution in [2.75, 3.05) is 18.5 Å². The van der Waals surface area contributed by atoms with Gasteiger partial charge in [0.25, 0.3) is 0 Å². The number of carbonyl (C=O) groups is 1. The SMILES string of the molecule is O=C(O)[C@H](CCOC1CC(CCc2ccc3c(n2)NCCC3)C1)NCc1c(F)cncc1Br. The maximum Gasteiger partial charge on any atom is 0.320 e. The number of rotatable bonds is 11. The molecule has 1 aliphatic carbocycles. The highest BCUT2D eigenvalue weighted by Gasteiger charge is 2.30. The number of hydrogen-bond acceptors (Lipinski definition) is 6. The number of hydrogen-bond donors (Lipinski definition) is 3. The molecule has 2 aliphatic rings. The van der Waals surface area contributed by atoms with E-state index in [-0.39, 0.29) is 12.6 Å². The lowest BCUT2D eigenvalue weighted by atomic mass is 9.79. The Labute approximate surface area is 201 Å². The van der Waals surface area contributed by atoms with Crippen molar-refractivity contribution in [1.82, 2.24) is 15.3 Å². The van der Waals surface area contributed by atoms with Crippen molar-refractivity contribution in [3.8, 4) is 0 Å². The highest BCUT2D eigenvalue weighted by atomic mass is 79.9. The Morgan fingerprint density at radius 3 is 3.00 bits per heavy atom. The highest BCUT2D eigenvalue weighted by Crippen LogP contribution is 2.34. The van der Waals surface area contributed by atoms with Gasteiger partial charge in [-0.15, -0.1) is 0 Å². The first-order valence-electron chi connectivity index (χ1n) is 11.6. The van der Waals surface area contributed by atoms with E-state index in [9.17, 15) is 14.3 Å². The number of aliphatic carboxylic acids is 1. The minimum atomic E-state index is -0.970. The molecule has 1 saturated carbocycles. The lowest BCUT2D eigenvalue weighted by Gasteiger charge is -2.35. The molecule has 3 heterocycles. The molecule has 0 radical (unpaired) electrons. The first-order chi connectivity index (χ1) is 16.0. The highest BCUT2D eigenvalue weighted by molar-refractivity contribution is 9.10. The average Bonchev–Trinajstić information content (AvgIpc) is 2.77. The summed E-state index contributed by atoms with van der Waals surface area (Å²) < 4.78 is 20.3. The van der Waals surface area contributed by atoms with Crippen LogP contribution in [0, 0.1) is 11.7 Å². The van der Waals surface area contributed by atoms with Gasteiger partial charge in [0.1, 0.15) is 17.7 Å². The Bertz CT molecular complexity index is 950. The van der Waals surface area contributed by atoms with Crippen molar-refractivity contribution >= 4 is 27.7 Å². The van der Waals surface area contributed by atoms with Gasteiger partial charge in [-0.05, 0) is 78.4 Å². The molecule has 0 amide bonds. The van der Waals surface area contributed by atoms with E-state index in [0.717, 1.165) is 56.4 Å². The lowest BCUT2D eigenvalue weighted by molar-refractivity contribution is -0.140. The van der Waals surface area contributed by atoms with Gasteiger partial charge < -0.3 is 20.5 Å². The molecule has 7 nitrogen and oxygen atoms in total. The summed E-state index contributed by atoms with van der Waals surface area (Å²) in [5.41, 5.74) is 2.82. The topological polar surface area (TPSA) is 96.4 Å². The quantitative estimate of drug-likeness (QED) is 0.410. The Morgan fingerprint density at radius 2 is 2.21 bits per heavy atom. The van der Waals surface area contributed by atoms with Crippen LogP contribution in [0.4, 0.5) is 10.2 Å². The summed E-state index contributed by atoms with van der Waals surface area (Å²) in [5.74, 6) is 0.234. The summed E-state index contributed by atoms with van der Waals surface area (Å²) in [4.78, 5) is 20.1. The van der Waals surface area contributed by atoms with Crippen LogP contribution >= 0.6 is 15.9 Å². The van der Waals surface area contributed by atoms with Gasteiger partial charge in [0, 0.05) is 41.6 Å². The van der Waals surface area contributed by atoms with Crippen molar-refractivity contribution in [2.45, 2.75) is 63.6 Å². The van der Waals surface area contributed by atoms with Gasteiger partial charge in [0.2, 0.25) is 0 Å². The predicted octanol–water partition coefficient (Wildman–Crippen LogP) is 4.10. The molecule has 178 valence electrons. The fraction of sp³-hybridized carbons (Fsp3) is 0.542. The van der Waals surface area contributed by atoms with Crippen LogP contribution in [0.15, 0.2) is 29.0 Å². The number of nitrogens with one attached hydrogen (secondary N) is 2. The molecule has 0 aromatic carbocycles. The fourth-order valence-corrected chi connectivity index (χ4v) is 4.85. The number of carboxylic acids is 1. The van der Waals surface area contributed by atoms with Crippen LogP contribution in [-0.4, -0.2) is 46.3 Å². The number of aryl methyl sites for hydroxylation is 2.